The van der Waals surface area contributed by atoms with E-state index in [2.05, 4.69) is 5.32 Å². The minimum absolute atomic E-state index is 0.190. The monoisotopic (exact) mass is 281 g/mol. The molecule has 0 bridgehead atoms. The smallest absolute Gasteiger partial charge is 0.271 e. The van der Waals surface area contributed by atoms with Crippen LogP contribution in [-0.4, -0.2) is 16.9 Å². The highest BCUT2D eigenvalue weighted by molar-refractivity contribution is 5.96. The van der Waals surface area contributed by atoms with E-state index in [9.17, 15) is 19.3 Å². The zero-order valence-electron chi connectivity index (χ0n) is 11.1. The van der Waals surface area contributed by atoms with Crippen LogP contribution in [0.25, 0.3) is 0 Å². The van der Waals surface area contributed by atoms with Gasteiger partial charge in [0.15, 0.2) is 0 Å². The second kappa shape index (κ2) is 5.16. The lowest BCUT2D eigenvalue weighted by Gasteiger charge is -2.27. The average molecular weight is 281 g/mol. The van der Waals surface area contributed by atoms with Crippen LogP contribution in [0.15, 0.2) is 18.2 Å². The summed E-state index contributed by atoms with van der Waals surface area (Å²) < 4.78 is 13.6. The Balaban J connectivity index is 2.23. The Bertz CT molecular complexity index is 564. The molecule has 1 amide bonds. The minimum Gasteiger partial charge on any atom is -0.327 e. The van der Waals surface area contributed by atoms with E-state index >= 15 is 0 Å². The summed E-state index contributed by atoms with van der Waals surface area (Å²) in [5.74, 6) is -1.11. The van der Waals surface area contributed by atoms with Gasteiger partial charge in [0.2, 0.25) is 5.91 Å². The summed E-state index contributed by atoms with van der Waals surface area (Å²) >= 11 is 0. The molecule has 20 heavy (non-hydrogen) atoms. The Kier molecular flexibility index (Phi) is 3.71. The van der Waals surface area contributed by atoms with Crippen LogP contribution in [0.3, 0.4) is 0 Å². The van der Waals surface area contributed by atoms with Crippen LogP contribution in [0, 0.1) is 21.3 Å². The van der Waals surface area contributed by atoms with Gasteiger partial charge in [0.05, 0.1) is 16.0 Å². The predicted molar refractivity (Wildman–Crippen MR) is 71.6 cm³/mol. The summed E-state index contributed by atoms with van der Waals surface area (Å²) in [5, 5.41) is 13.1. The fraction of sp³-hybridized carbons (Fsp3) is 0.462. The normalized spacial score (nSPS) is 25.4. The molecule has 6 nitrogen and oxygen atoms in total. The molecule has 1 fully saturated rings. The fourth-order valence-corrected chi connectivity index (χ4v) is 2.46. The van der Waals surface area contributed by atoms with Gasteiger partial charge in [-0.3, -0.25) is 14.9 Å². The van der Waals surface area contributed by atoms with Gasteiger partial charge in [0.1, 0.15) is 5.82 Å². The number of nitrogens with one attached hydrogen (secondary N) is 1. The van der Waals surface area contributed by atoms with Crippen molar-refractivity contribution in [1.29, 1.82) is 0 Å². The molecule has 2 atom stereocenters. The van der Waals surface area contributed by atoms with Gasteiger partial charge in [-0.1, -0.05) is 6.42 Å². The average Bonchev–Trinajstić information content (AvgIpc) is 2.73. The summed E-state index contributed by atoms with van der Waals surface area (Å²) in [6.45, 7) is 1.73. The quantitative estimate of drug-likeness (QED) is 0.655. The molecule has 2 rings (SSSR count). The zero-order chi connectivity index (χ0) is 14.9. The van der Waals surface area contributed by atoms with Gasteiger partial charge in [-0.05, 0) is 25.8 Å². The number of nitro benzene ring substituents is 1. The molecule has 1 aliphatic carbocycles. The highest BCUT2D eigenvalue weighted by Crippen LogP contribution is 2.38. The van der Waals surface area contributed by atoms with Crippen LogP contribution >= 0.6 is 0 Å². The summed E-state index contributed by atoms with van der Waals surface area (Å²) in [5.41, 5.74) is 4.69. The van der Waals surface area contributed by atoms with Gasteiger partial charge in [-0.2, -0.15) is 0 Å². The van der Waals surface area contributed by atoms with Gasteiger partial charge in [0.25, 0.3) is 5.69 Å². The summed E-state index contributed by atoms with van der Waals surface area (Å²) in [4.78, 5) is 22.3. The Hall–Kier alpha value is -2.02. The van der Waals surface area contributed by atoms with E-state index in [1.54, 1.807) is 6.92 Å². The third-order valence-electron chi connectivity index (χ3n) is 3.96. The number of hydrogen-bond acceptors (Lipinski definition) is 4. The molecule has 0 radical (unpaired) electrons. The number of halogens is 1. The lowest BCUT2D eigenvalue weighted by atomic mass is 9.84. The van der Waals surface area contributed by atoms with Gasteiger partial charge >= 0.3 is 0 Å². The molecule has 0 saturated heterocycles. The van der Waals surface area contributed by atoms with Crippen molar-refractivity contribution in [2.45, 2.75) is 32.2 Å². The van der Waals surface area contributed by atoms with Crippen LogP contribution in [0.5, 0.6) is 0 Å². The Morgan fingerprint density at radius 3 is 2.85 bits per heavy atom. The molecule has 1 aromatic carbocycles. The Morgan fingerprint density at radius 1 is 1.60 bits per heavy atom. The molecule has 0 aliphatic heterocycles. The maximum atomic E-state index is 13.6. The first kappa shape index (κ1) is 14.4. The van der Waals surface area contributed by atoms with Crippen molar-refractivity contribution >= 4 is 17.3 Å². The molecule has 1 saturated carbocycles. The number of anilines is 1. The second-order valence-electron chi connectivity index (χ2n) is 5.29. The van der Waals surface area contributed by atoms with Crippen LogP contribution < -0.4 is 11.1 Å². The number of rotatable bonds is 3. The number of hydrogen-bond donors (Lipinski definition) is 2. The van der Waals surface area contributed by atoms with Crippen molar-refractivity contribution in [2.24, 2.45) is 11.1 Å². The van der Waals surface area contributed by atoms with E-state index in [1.165, 1.54) is 0 Å². The molecule has 0 aromatic heterocycles. The first-order valence-corrected chi connectivity index (χ1v) is 6.35. The second-order valence-corrected chi connectivity index (χ2v) is 5.29. The Labute approximate surface area is 115 Å². The van der Waals surface area contributed by atoms with Crippen LogP contribution in [-0.2, 0) is 4.79 Å². The molecule has 1 aliphatic rings. The number of benzene rings is 1. The van der Waals surface area contributed by atoms with Gasteiger partial charge in [-0.15, -0.1) is 0 Å². The van der Waals surface area contributed by atoms with Crippen LogP contribution in [0.1, 0.15) is 26.2 Å². The first-order valence-electron chi connectivity index (χ1n) is 6.35. The number of nitro groups is 1. The van der Waals surface area contributed by atoms with Crippen molar-refractivity contribution < 1.29 is 14.1 Å². The predicted octanol–water partition coefficient (Wildman–Crippen LogP) is 2.19. The van der Waals surface area contributed by atoms with Crippen LogP contribution in [0.2, 0.25) is 0 Å². The molecule has 2 unspecified atom stereocenters. The maximum Gasteiger partial charge on any atom is 0.271 e. The van der Waals surface area contributed by atoms with Crippen molar-refractivity contribution in [3.05, 3.63) is 34.1 Å². The molecule has 7 heteroatoms. The lowest BCUT2D eigenvalue weighted by Crippen LogP contribution is -2.44. The van der Waals surface area contributed by atoms with Crippen molar-refractivity contribution in [3.8, 4) is 0 Å². The number of carbonyl (C=O) groups is 1. The Morgan fingerprint density at radius 2 is 2.30 bits per heavy atom. The first-order chi connectivity index (χ1) is 9.34. The van der Waals surface area contributed by atoms with Gasteiger partial charge in [-0.25, -0.2) is 4.39 Å². The number of non-ortho nitro benzene ring substituents is 1. The van der Waals surface area contributed by atoms with E-state index in [4.69, 9.17) is 5.73 Å². The number of carbonyl (C=O) groups excluding carboxylic acids is 1. The molecule has 0 heterocycles. The minimum atomic E-state index is -0.767. The van der Waals surface area contributed by atoms with E-state index in [1.807, 2.05) is 0 Å². The van der Waals surface area contributed by atoms with Crippen LogP contribution in [0.4, 0.5) is 15.8 Å². The SMILES string of the molecule is CC1(C(=O)Nc2cc([N+](=O)[O-])ccc2F)CCCC1N. The molecule has 0 spiro atoms. The third kappa shape index (κ3) is 2.49. The molecule has 3 N–H and O–H groups in total. The third-order valence-corrected chi connectivity index (χ3v) is 3.96. The fourth-order valence-electron chi connectivity index (χ4n) is 2.46. The standard InChI is InChI=1S/C13H16FN3O3/c1-13(6-2-3-11(13)15)12(18)16-10-7-8(17(19)20)4-5-9(10)14/h4-5,7,11H,2-3,6,15H2,1H3,(H,16,18). The van der Waals surface area contributed by atoms with E-state index in [-0.39, 0.29) is 17.4 Å². The van der Waals surface area contributed by atoms with Gasteiger partial charge in [0, 0.05) is 18.2 Å². The number of amides is 1. The largest absolute Gasteiger partial charge is 0.327 e. The zero-order valence-corrected chi connectivity index (χ0v) is 11.1. The molecular formula is C13H16FN3O3. The highest BCUT2D eigenvalue weighted by atomic mass is 19.1. The maximum absolute atomic E-state index is 13.6. The van der Waals surface area contributed by atoms with Crippen molar-refractivity contribution in [2.75, 3.05) is 5.32 Å². The molecular weight excluding hydrogens is 265 g/mol. The summed E-state index contributed by atoms with van der Waals surface area (Å²) in [7, 11) is 0. The van der Waals surface area contributed by atoms with E-state index in [0.29, 0.717) is 6.42 Å². The summed E-state index contributed by atoms with van der Waals surface area (Å²) in [6, 6.07) is 2.74. The number of nitrogens with two attached hydrogens (primary N) is 1. The highest BCUT2D eigenvalue weighted by Gasteiger charge is 2.43. The van der Waals surface area contributed by atoms with E-state index < -0.39 is 22.1 Å². The molecule has 1 aromatic rings. The van der Waals surface area contributed by atoms with Crippen molar-refractivity contribution in [3.63, 3.8) is 0 Å². The molecule has 108 valence electrons. The van der Waals surface area contributed by atoms with Gasteiger partial charge < -0.3 is 11.1 Å². The number of nitrogens with zero attached hydrogens (tertiary/aromatic N) is 1. The van der Waals surface area contributed by atoms with Crippen molar-refractivity contribution in [1.82, 2.24) is 0 Å². The lowest BCUT2D eigenvalue weighted by molar-refractivity contribution is -0.384. The van der Waals surface area contributed by atoms with E-state index in [0.717, 1.165) is 31.0 Å². The topological polar surface area (TPSA) is 98.3 Å². The summed E-state index contributed by atoms with van der Waals surface area (Å²) in [6.07, 6.45) is 2.19.